The Balaban J connectivity index is 1.35. The van der Waals surface area contributed by atoms with E-state index in [0.717, 1.165) is 5.56 Å². The summed E-state index contributed by atoms with van der Waals surface area (Å²) in [5.41, 5.74) is 1.79. The van der Waals surface area contributed by atoms with Crippen LogP contribution in [0.5, 0.6) is 0 Å². The number of carbonyl (C=O) groups is 2. The molecule has 9 nitrogen and oxygen atoms in total. The minimum absolute atomic E-state index is 0.0382. The zero-order valence-electron chi connectivity index (χ0n) is 15.9. The lowest BCUT2D eigenvalue weighted by Crippen LogP contribution is -2.43. The highest BCUT2D eigenvalue weighted by Gasteiger charge is 2.28. The summed E-state index contributed by atoms with van der Waals surface area (Å²) in [5.74, 6) is -0.437. The van der Waals surface area contributed by atoms with Gasteiger partial charge in [-0.1, -0.05) is 36.4 Å². The van der Waals surface area contributed by atoms with Gasteiger partial charge in [0.2, 0.25) is 5.91 Å². The fourth-order valence-electron chi connectivity index (χ4n) is 3.36. The van der Waals surface area contributed by atoms with Crippen molar-refractivity contribution in [3.63, 3.8) is 0 Å². The molecular weight excluding hydrogens is 372 g/mol. The van der Waals surface area contributed by atoms with Crippen LogP contribution in [-0.4, -0.2) is 49.1 Å². The Morgan fingerprint density at radius 3 is 2.55 bits per heavy atom. The highest BCUT2D eigenvalue weighted by Crippen LogP contribution is 2.21. The Morgan fingerprint density at radius 2 is 1.79 bits per heavy atom. The normalized spacial score (nSPS) is 14.0. The van der Waals surface area contributed by atoms with Crippen molar-refractivity contribution >= 4 is 11.8 Å². The van der Waals surface area contributed by atoms with Crippen molar-refractivity contribution in [3.05, 3.63) is 76.2 Å². The molecule has 0 saturated heterocycles. The maximum absolute atomic E-state index is 12.5. The molecule has 0 spiro atoms. The van der Waals surface area contributed by atoms with Crippen LogP contribution in [0.25, 0.3) is 5.69 Å². The molecule has 1 atom stereocenters. The lowest BCUT2D eigenvalue weighted by molar-refractivity contribution is -0.122. The molecule has 0 saturated carbocycles. The summed E-state index contributed by atoms with van der Waals surface area (Å²) in [6.07, 6.45) is 0. The molecule has 9 heteroatoms. The molecule has 1 aromatic heterocycles. The van der Waals surface area contributed by atoms with Gasteiger partial charge >= 0.3 is 5.69 Å². The number of benzene rings is 2. The van der Waals surface area contributed by atoms with Crippen molar-refractivity contribution in [2.75, 3.05) is 6.54 Å². The van der Waals surface area contributed by atoms with Crippen LogP contribution in [0.4, 0.5) is 0 Å². The van der Waals surface area contributed by atoms with Crippen LogP contribution >= 0.6 is 0 Å². The van der Waals surface area contributed by atoms with Gasteiger partial charge in [-0.3, -0.25) is 9.59 Å². The summed E-state index contributed by atoms with van der Waals surface area (Å²) in [6.45, 7) is 2.32. The topological polar surface area (TPSA) is 102 Å². The summed E-state index contributed by atoms with van der Waals surface area (Å²) >= 11 is 0. The number of aromatic nitrogens is 4. The molecule has 0 radical (unpaired) electrons. The number of nitrogens with zero attached hydrogens (tertiary/aromatic N) is 5. The average molecular weight is 392 g/mol. The average Bonchev–Trinajstić information content (AvgIpc) is 3.23. The number of fused-ring (bicyclic) bond motifs is 1. The highest BCUT2D eigenvalue weighted by molar-refractivity contribution is 6.00. The molecule has 0 aliphatic carbocycles. The number of hydrogen-bond donors (Lipinski definition) is 1. The predicted molar refractivity (Wildman–Crippen MR) is 104 cm³/mol. The molecule has 2 heterocycles. The highest BCUT2D eigenvalue weighted by atomic mass is 16.2. The number of nitrogens with one attached hydrogen (secondary N) is 1. The quantitative estimate of drug-likeness (QED) is 0.662. The maximum atomic E-state index is 12.5. The first-order valence-electron chi connectivity index (χ1n) is 9.27. The number of carbonyl (C=O) groups excluding carboxylic acids is 2. The van der Waals surface area contributed by atoms with Crippen LogP contribution in [-0.2, 0) is 17.9 Å². The first kappa shape index (κ1) is 18.6. The molecule has 0 bridgehead atoms. The molecular formula is C20H20N6O3. The number of amides is 2. The molecule has 0 unspecified atom stereocenters. The van der Waals surface area contributed by atoms with E-state index in [2.05, 4.69) is 15.7 Å². The van der Waals surface area contributed by atoms with Crippen LogP contribution in [0.2, 0.25) is 0 Å². The minimum atomic E-state index is -0.387. The molecule has 4 rings (SSSR count). The second kappa shape index (κ2) is 7.70. The first-order valence-corrected chi connectivity index (χ1v) is 9.27. The number of rotatable bonds is 6. The van der Waals surface area contributed by atoms with E-state index >= 15 is 0 Å². The van der Waals surface area contributed by atoms with E-state index < -0.39 is 0 Å². The Kier molecular flexibility index (Phi) is 4.94. The summed E-state index contributed by atoms with van der Waals surface area (Å²) in [4.78, 5) is 38.7. The molecule has 1 aliphatic heterocycles. The fraction of sp³-hybridized carbons (Fsp3) is 0.250. The number of para-hydroxylation sites is 1. The van der Waals surface area contributed by atoms with E-state index in [1.807, 2.05) is 36.4 Å². The van der Waals surface area contributed by atoms with E-state index in [4.69, 9.17) is 0 Å². The van der Waals surface area contributed by atoms with Crippen LogP contribution in [0.15, 0.2) is 59.4 Å². The smallest absolute Gasteiger partial charge is 0.350 e. The molecule has 2 aromatic carbocycles. The molecule has 2 amide bonds. The van der Waals surface area contributed by atoms with Gasteiger partial charge in [0.15, 0.2) is 0 Å². The number of hydrogen-bond acceptors (Lipinski definition) is 5. The van der Waals surface area contributed by atoms with Crippen molar-refractivity contribution in [1.82, 2.24) is 30.0 Å². The van der Waals surface area contributed by atoms with Crippen molar-refractivity contribution < 1.29 is 9.59 Å². The fourth-order valence-corrected chi connectivity index (χ4v) is 3.36. The van der Waals surface area contributed by atoms with Gasteiger partial charge < -0.3 is 10.2 Å². The van der Waals surface area contributed by atoms with Gasteiger partial charge in [0.05, 0.1) is 12.2 Å². The van der Waals surface area contributed by atoms with Crippen molar-refractivity contribution in [2.45, 2.75) is 26.1 Å². The maximum Gasteiger partial charge on any atom is 0.368 e. The summed E-state index contributed by atoms with van der Waals surface area (Å²) in [5, 5.41) is 10.6. The monoisotopic (exact) mass is 392 g/mol. The van der Waals surface area contributed by atoms with Crippen molar-refractivity contribution in [2.24, 2.45) is 0 Å². The largest absolute Gasteiger partial charge is 0.368 e. The zero-order valence-corrected chi connectivity index (χ0v) is 15.9. The van der Waals surface area contributed by atoms with Crippen molar-refractivity contribution in [3.8, 4) is 5.69 Å². The Labute approximate surface area is 166 Å². The second-order valence-electron chi connectivity index (χ2n) is 6.98. The van der Waals surface area contributed by atoms with Crippen molar-refractivity contribution in [1.29, 1.82) is 0 Å². The van der Waals surface area contributed by atoms with Crippen LogP contribution < -0.4 is 11.0 Å². The van der Waals surface area contributed by atoms with Gasteiger partial charge in [0.1, 0.15) is 6.54 Å². The SMILES string of the molecule is C[C@@H](Cn1nnn(-c2ccccc2)c1=O)NC(=O)CN1Cc2ccccc2C1=O. The summed E-state index contributed by atoms with van der Waals surface area (Å²) in [7, 11) is 0. The molecule has 29 heavy (non-hydrogen) atoms. The standard InChI is InChI=1S/C20H20N6O3/c1-14(11-25-20(29)26(23-22-25)16-8-3-2-4-9-16)21-18(27)13-24-12-15-7-5-6-10-17(15)19(24)28/h2-10,14H,11-13H2,1H3,(H,21,27)/t14-/m0/s1. The van der Waals surface area contributed by atoms with E-state index in [1.54, 1.807) is 25.1 Å². The molecule has 1 N–H and O–H groups in total. The first-order chi connectivity index (χ1) is 14.0. The third kappa shape index (κ3) is 3.79. The summed E-state index contributed by atoms with van der Waals surface area (Å²) in [6, 6.07) is 16.0. The third-order valence-electron chi connectivity index (χ3n) is 4.73. The van der Waals surface area contributed by atoms with Gasteiger partial charge in [0, 0.05) is 18.2 Å². The van der Waals surface area contributed by atoms with Crippen LogP contribution in [0.3, 0.4) is 0 Å². The molecule has 1 aliphatic rings. The summed E-state index contributed by atoms with van der Waals surface area (Å²) < 4.78 is 2.41. The zero-order chi connectivity index (χ0) is 20.4. The van der Waals surface area contributed by atoms with Crippen LogP contribution in [0, 0.1) is 0 Å². The lowest BCUT2D eigenvalue weighted by Gasteiger charge is -2.18. The lowest BCUT2D eigenvalue weighted by atomic mass is 10.1. The second-order valence-corrected chi connectivity index (χ2v) is 6.98. The third-order valence-corrected chi connectivity index (χ3v) is 4.73. The Morgan fingerprint density at radius 1 is 1.07 bits per heavy atom. The Hall–Kier alpha value is -3.75. The number of tetrazole rings is 1. The Bertz CT molecular complexity index is 1100. The minimum Gasteiger partial charge on any atom is -0.350 e. The van der Waals surface area contributed by atoms with Gasteiger partial charge in [-0.25, -0.2) is 4.79 Å². The molecule has 3 aromatic rings. The van der Waals surface area contributed by atoms with E-state index in [9.17, 15) is 14.4 Å². The van der Waals surface area contributed by atoms with Crippen LogP contribution in [0.1, 0.15) is 22.8 Å². The van der Waals surface area contributed by atoms with E-state index in [0.29, 0.717) is 17.8 Å². The van der Waals surface area contributed by atoms with Gasteiger partial charge in [-0.05, 0) is 41.1 Å². The van der Waals surface area contributed by atoms with Gasteiger partial charge in [-0.15, -0.1) is 0 Å². The van der Waals surface area contributed by atoms with Gasteiger partial charge in [-0.2, -0.15) is 9.36 Å². The molecule has 0 fully saturated rings. The van der Waals surface area contributed by atoms with E-state index in [-0.39, 0.29) is 36.6 Å². The predicted octanol–water partition coefficient (Wildman–Crippen LogP) is 0.590. The molecule has 148 valence electrons. The van der Waals surface area contributed by atoms with Gasteiger partial charge in [0.25, 0.3) is 5.91 Å². The van der Waals surface area contributed by atoms with E-state index in [1.165, 1.54) is 14.3 Å².